The van der Waals surface area contributed by atoms with Crippen LogP contribution in [0, 0.1) is 5.82 Å². The third-order valence-electron chi connectivity index (χ3n) is 4.93. The molecule has 160 valence electrons. The predicted octanol–water partition coefficient (Wildman–Crippen LogP) is 5.79. The van der Waals surface area contributed by atoms with Crippen LogP contribution in [0.2, 0.25) is 0 Å². The predicted molar refractivity (Wildman–Crippen MR) is 116 cm³/mol. The molecule has 1 aromatic heterocycles. The molecule has 1 unspecified atom stereocenters. The molecule has 1 aliphatic heterocycles. The second-order valence-electron chi connectivity index (χ2n) is 8.65. The molecule has 3 N–H and O–H groups in total. The lowest BCUT2D eigenvalue weighted by molar-refractivity contribution is 0.0544. The lowest BCUT2D eigenvalue weighted by Gasteiger charge is -2.41. The molecular weight excluding hydrogens is 407 g/mol. The zero-order chi connectivity index (χ0) is 21.8. The van der Waals surface area contributed by atoms with E-state index in [0.29, 0.717) is 22.2 Å². The molecule has 2 heterocycles. The van der Waals surface area contributed by atoms with Gasteiger partial charge in [0, 0.05) is 23.2 Å². The summed E-state index contributed by atoms with van der Waals surface area (Å²) in [7, 11) is -3.05. The minimum atomic E-state index is -3.05. The summed E-state index contributed by atoms with van der Waals surface area (Å²) in [6.45, 7) is 7.21. The van der Waals surface area contributed by atoms with E-state index in [-0.39, 0.29) is 6.04 Å². The van der Waals surface area contributed by atoms with Crippen LogP contribution in [0.25, 0.3) is 22.0 Å². The normalized spacial score (nSPS) is 19.4. The van der Waals surface area contributed by atoms with E-state index in [1.54, 1.807) is 45.2 Å². The summed E-state index contributed by atoms with van der Waals surface area (Å²) in [5.41, 5.74) is 2.10. The minimum Gasteiger partial charge on any atom is -0.443 e. The van der Waals surface area contributed by atoms with Crippen molar-refractivity contribution in [2.45, 2.75) is 50.7 Å². The van der Waals surface area contributed by atoms with Crippen LogP contribution >= 0.6 is 10.8 Å². The Bertz CT molecular complexity index is 1150. The molecular formula is C22H25FN2O4S. The Kier molecular flexibility index (Phi) is 4.93. The first-order valence-electron chi connectivity index (χ1n) is 9.67. The number of nitrogens with one attached hydrogen (secondary N) is 1. The van der Waals surface area contributed by atoms with Gasteiger partial charge in [0.2, 0.25) is 0 Å². The maximum atomic E-state index is 14.0. The van der Waals surface area contributed by atoms with Gasteiger partial charge in [-0.2, -0.15) is 0 Å². The maximum Gasteiger partial charge on any atom is 0.419 e. The van der Waals surface area contributed by atoms with Crippen LogP contribution in [0.1, 0.15) is 33.3 Å². The van der Waals surface area contributed by atoms with Gasteiger partial charge in [-0.1, -0.05) is 6.07 Å². The number of benzene rings is 2. The number of fused-ring (bicyclic) bond motifs is 2. The third kappa shape index (κ3) is 3.83. The zero-order valence-corrected chi connectivity index (χ0v) is 18.1. The summed E-state index contributed by atoms with van der Waals surface area (Å²) in [5.74, 6) is -0.448. The van der Waals surface area contributed by atoms with Crippen molar-refractivity contribution in [3.63, 3.8) is 0 Å². The highest BCUT2D eigenvalue weighted by Gasteiger charge is 2.28. The van der Waals surface area contributed by atoms with Crippen molar-refractivity contribution in [2.24, 2.45) is 0 Å². The number of hydrogen-bond acceptors (Lipinski definition) is 5. The van der Waals surface area contributed by atoms with E-state index in [1.165, 1.54) is 16.7 Å². The van der Waals surface area contributed by atoms with E-state index in [1.807, 2.05) is 13.0 Å². The average Bonchev–Trinajstić information content (AvgIpc) is 2.97. The van der Waals surface area contributed by atoms with E-state index in [2.05, 4.69) is 4.72 Å². The van der Waals surface area contributed by atoms with Gasteiger partial charge in [-0.05, 0) is 75.6 Å². The molecule has 0 bridgehead atoms. The number of aromatic nitrogens is 1. The standard InChI is InChI=1S/C22H25FN2O4S/c1-13-9-15-10-14(5-8-20(15)30(27,28)24-13)18-12-25(21(26)29-22(2,3)4)19-11-16(23)6-7-17(18)19/h5-8,10-13,24,27-28H,9H2,1-4H3. The van der Waals surface area contributed by atoms with E-state index in [4.69, 9.17) is 4.74 Å². The Balaban J connectivity index is 1.86. The summed E-state index contributed by atoms with van der Waals surface area (Å²) in [4.78, 5) is 13.2. The second kappa shape index (κ2) is 7.09. The number of nitrogens with zero attached hydrogens (tertiary/aromatic N) is 1. The first-order valence-corrected chi connectivity index (χ1v) is 11.2. The molecule has 30 heavy (non-hydrogen) atoms. The molecule has 6 nitrogen and oxygen atoms in total. The summed E-state index contributed by atoms with van der Waals surface area (Å²) < 4.78 is 44.3. The Hall–Kier alpha value is -2.39. The molecule has 1 atom stereocenters. The molecule has 0 spiro atoms. The van der Waals surface area contributed by atoms with Gasteiger partial charge in [-0.3, -0.25) is 13.7 Å². The monoisotopic (exact) mass is 432 g/mol. The van der Waals surface area contributed by atoms with Gasteiger partial charge < -0.3 is 4.74 Å². The lowest BCUT2D eigenvalue weighted by atomic mass is 9.99. The van der Waals surface area contributed by atoms with E-state index in [9.17, 15) is 18.3 Å². The zero-order valence-electron chi connectivity index (χ0n) is 17.3. The molecule has 0 amide bonds. The largest absolute Gasteiger partial charge is 0.443 e. The summed E-state index contributed by atoms with van der Waals surface area (Å²) in [5, 5.41) is 0.704. The number of carbonyl (C=O) groups excluding carboxylic acids is 1. The van der Waals surface area contributed by atoms with Gasteiger partial charge in [-0.15, -0.1) is 10.8 Å². The highest BCUT2D eigenvalue weighted by Crippen LogP contribution is 2.50. The molecule has 8 heteroatoms. The Morgan fingerprint density at radius 3 is 2.67 bits per heavy atom. The third-order valence-corrected chi connectivity index (χ3v) is 6.67. The topological polar surface area (TPSA) is 83.7 Å². The van der Waals surface area contributed by atoms with Gasteiger partial charge in [0.25, 0.3) is 0 Å². The second-order valence-corrected chi connectivity index (χ2v) is 10.4. The van der Waals surface area contributed by atoms with Gasteiger partial charge in [0.1, 0.15) is 11.4 Å². The van der Waals surface area contributed by atoms with Gasteiger partial charge in [-0.25, -0.2) is 13.9 Å². The first-order chi connectivity index (χ1) is 13.9. The SMILES string of the molecule is CC1Cc2cc(-c3cn(C(=O)OC(C)(C)C)c4cc(F)ccc34)ccc2S(O)(O)N1. The van der Waals surface area contributed by atoms with Crippen molar-refractivity contribution < 1.29 is 23.0 Å². The molecule has 2 aromatic carbocycles. The molecule has 0 saturated heterocycles. The van der Waals surface area contributed by atoms with E-state index in [0.717, 1.165) is 16.7 Å². The first kappa shape index (κ1) is 20.9. The molecule has 0 radical (unpaired) electrons. The number of hydrogen-bond donors (Lipinski definition) is 3. The molecule has 3 aromatic rings. The molecule has 4 rings (SSSR count). The van der Waals surface area contributed by atoms with E-state index >= 15 is 0 Å². The highest BCUT2D eigenvalue weighted by atomic mass is 32.3. The Labute approximate surface area is 176 Å². The average molecular weight is 433 g/mol. The fourth-order valence-electron chi connectivity index (χ4n) is 3.79. The number of halogens is 1. The van der Waals surface area contributed by atoms with Crippen LogP contribution in [-0.2, 0) is 11.2 Å². The summed E-state index contributed by atoms with van der Waals surface area (Å²) in [6, 6.07) is 9.59. The van der Waals surface area contributed by atoms with Crippen LogP contribution in [-0.4, -0.2) is 31.4 Å². The number of ether oxygens (including phenoxy) is 1. The fourth-order valence-corrected chi connectivity index (χ4v) is 5.33. The van der Waals surface area contributed by atoms with Crippen LogP contribution in [0.15, 0.2) is 47.5 Å². The maximum absolute atomic E-state index is 14.0. The van der Waals surface area contributed by atoms with Crippen molar-refractivity contribution in [2.75, 3.05) is 0 Å². The van der Waals surface area contributed by atoms with Crippen LogP contribution in [0.3, 0.4) is 0 Å². The minimum absolute atomic E-state index is 0.0880. The van der Waals surface area contributed by atoms with Crippen molar-refractivity contribution in [3.8, 4) is 11.1 Å². The van der Waals surface area contributed by atoms with Gasteiger partial charge in [0.05, 0.1) is 10.4 Å². The molecule has 0 saturated carbocycles. The van der Waals surface area contributed by atoms with Crippen LogP contribution in [0.4, 0.5) is 9.18 Å². The van der Waals surface area contributed by atoms with Gasteiger partial charge in [0.15, 0.2) is 0 Å². The Morgan fingerprint density at radius 2 is 1.97 bits per heavy atom. The molecule has 0 aliphatic carbocycles. The Morgan fingerprint density at radius 1 is 1.23 bits per heavy atom. The van der Waals surface area contributed by atoms with Crippen molar-refractivity contribution >= 4 is 27.8 Å². The molecule has 1 aliphatic rings. The van der Waals surface area contributed by atoms with Crippen molar-refractivity contribution in [3.05, 3.63) is 54.0 Å². The van der Waals surface area contributed by atoms with Crippen molar-refractivity contribution in [1.82, 2.24) is 9.29 Å². The smallest absolute Gasteiger partial charge is 0.419 e. The summed E-state index contributed by atoms with van der Waals surface area (Å²) >= 11 is 0. The lowest BCUT2D eigenvalue weighted by Crippen LogP contribution is -2.36. The van der Waals surface area contributed by atoms with E-state index < -0.39 is 28.3 Å². The fraction of sp³-hybridized carbons (Fsp3) is 0.318. The molecule has 0 fully saturated rings. The van der Waals surface area contributed by atoms with Crippen LogP contribution < -0.4 is 4.72 Å². The van der Waals surface area contributed by atoms with Crippen LogP contribution in [0.5, 0.6) is 0 Å². The van der Waals surface area contributed by atoms with Crippen molar-refractivity contribution in [1.29, 1.82) is 0 Å². The van der Waals surface area contributed by atoms with Gasteiger partial charge >= 0.3 is 6.09 Å². The highest BCUT2D eigenvalue weighted by molar-refractivity contribution is 8.22. The quantitative estimate of drug-likeness (QED) is 0.453. The number of rotatable bonds is 1. The summed E-state index contributed by atoms with van der Waals surface area (Å²) in [6.07, 6.45) is 1.69. The number of carbonyl (C=O) groups is 1.